The van der Waals surface area contributed by atoms with Gasteiger partial charge in [-0.05, 0) is 0 Å². The van der Waals surface area contributed by atoms with Crippen molar-refractivity contribution in [2.24, 2.45) is 0 Å². The van der Waals surface area contributed by atoms with Crippen LogP contribution in [0.2, 0.25) is 0 Å². The van der Waals surface area contributed by atoms with E-state index in [0.717, 1.165) is 0 Å². The SMILES string of the molecule is O=S(=O)([O-])CCC(F)(F)C(F)(F)C(F)(F)C(F)(F)C(F)(F)C(F)(F)F.[Na+]. The third-order valence-corrected chi connectivity index (χ3v) is 3.37. The molecule has 26 heavy (non-hydrogen) atoms. The molecule has 0 fully saturated rings. The smallest absolute Gasteiger partial charge is 0.748 e. The Morgan fingerprint density at radius 1 is 0.615 bits per heavy atom. The van der Waals surface area contributed by atoms with Crippen molar-refractivity contribution in [2.75, 3.05) is 5.75 Å². The van der Waals surface area contributed by atoms with Gasteiger partial charge in [0.25, 0.3) is 0 Å². The fourth-order valence-electron chi connectivity index (χ4n) is 1.21. The minimum Gasteiger partial charge on any atom is -0.748 e. The molecule has 0 atom stereocenters. The first kappa shape index (κ1) is 28.2. The van der Waals surface area contributed by atoms with Gasteiger partial charge in [-0.2, -0.15) is 57.1 Å². The first-order valence-electron chi connectivity index (χ1n) is 5.35. The summed E-state index contributed by atoms with van der Waals surface area (Å²) in [5, 5.41) is 0. The number of alkyl halides is 13. The van der Waals surface area contributed by atoms with Gasteiger partial charge in [0, 0.05) is 12.2 Å². The van der Waals surface area contributed by atoms with E-state index in [-0.39, 0.29) is 29.6 Å². The molecule has 0 aliphatic heterocycles. The average molecular weight is 450 g/mol. The molecule has 0 saturated heterocycles. The van der Waals surface area contributed by atoms with Gasteiger partial charge in [-0.15, -0.1) is 0 Å². The van der Waals surface area contributed by atoms with Crippen LogP contribution in [0.4, 0.5) is 57.1 Å². The van der Waals surface area contributed by atoms with Crippen molar-refractivity contribution < 1.29 is 99.6 Å². The van der Waals surface area contributed by atoms with Gasteiger partial charge < -0.3 is 4.55 Å². The predicted molar refractivity (Wildman–Crippen MR) is 50.0 cm³/mol. The van der Waals surface area contributed by atoms with Crippen LogP contribution in [0.5, 0.6) is 0 Å². The third kappa shape index (κ3) is 4.70. The summed E-state index contributed by atoms with van der Waals surface area (Å²) in [5.41, 5.74) is 0. The van der Waals surface area contributed by atoms with Crippen LogP contribution in [-0.2, 0) is 10.1 Å². The van der Waals surface area contributed by atoms with Crippen LogP contribution in [0.1, 0.15) is 6.42 Å². The molecule has 0 bridgehead atoms. The molecule has 152 valence electrons. The second kappa shape index (κ2) is 7.44. The Labute approximate surface area is 157 Å². The van der Waals surface area contributed by atoms with Gasteiger partial charge in [0.2, 0.25) is 0 Å². The van der Waals surface area contributed by atoms with Crippen molar-refractivity contribution in [2.45, 2.75) is 42.2 Å². The number of halogens is 13. The van der Waals surface area contributed by atoms with E-state index in [9.17, 15) is 70.0 Å². The molecule has 3 nitrogen and oxygen atoms in total. The summed E-state index contributed by atoms with van der Waals surface area (Å²) in [7, 11) is -5.77. The molecule has 0 amide bonds. The summed E-state index contributed by atoms with van der Waals surface area (Å²) in [4.78, 5) is 0. The first-order valence-corrected chi connectivity index (χ1v) is 6.93. The molecule has 0 unspecified atom stereocenters. The second-order valence-corrected chi connectivity index (χ2v) is 6.04. The van der Waals surface area contributed by atoms with E-state index in [0.29, 0.717) is 0 Å². The van der Waals surface area contributed by atoms with Crippen LogP contribution in [0.3, 0.4) is 0 Å². The van der Waals surface area contributed by atoms with Gasteiger partial charge >= 0.3 is 65.3 Å². The van der Waals surface area contributed by atoms with Gasteiger partial charge in [-0.3, -0.25) is 0 Å². The number of hydrogen-bond acceptors (Lipinski definition) is 3. The van der Waals surface area contributed by atoms with Crippen LogP contribution < -0.4 is 29.6 Å². The van der Waals surface area contributed by atoms with Crippen molar-refractivity contribution in [3.63, 3.8) is 0 Å². The Bertz CT molecular complexity index is 597. The van der Waals surface area contributed by atoms with Gasteiger partial charge in [0.15, 0.2) is 0 Å². The van der Waals surface area contributed by atoms with Crippen molar-refractivity contribution >= 4 is 10.1 Å². The standard InChI is InChI=1S/C8H5F13O3S.Na/c9-3(10,1-2-25(22,23)24)4(11,12)5(13,14)6(15,16)7(17,18)8(19,20)21;/h1-2H2,(H,22,23,24);/q;+1/p-1. The van der Waals surface area contributed by atoms with Crippen molar-refractivity contribution in [1.29, 1.82) is 0 Å². The van der Waals surface area contributed by atoms with E-state index in [1.165, 1.54) is 0 Å². The summed E-state index contributed by atoms with van der Waals surface area (Å²) in [6, 6.07) is 0. The molecule has 0 rings (SSSR count). The summed E-state index contributed by atoms with van der Waals surface area (Å²) < 4.78 is 193. The Hall–Kier alpha value is -0.000000000000000444. The molecular weight excluding hydrogens is 446 g/mol. The first-order chi connectivity index (χ1) is 10.5. The van der Waals surface area contributed by atoms with Crippen LogP contribution in [0.25, 0.3) is 0 Å². The molecule has 0 N–H and O–H groups in total. The largest absolute Gasteiger partial charge is 1.00 e. The summed E-state index contributed by atoms with van der Waals surface area (Å²) >= 11 is 0. The van der Waals surface area contributed by atoms with E-state index in [1.54, 1.807) is 0 Å². The Morgan fingerprint density at radius 2 is 0.923 bits per heavy atom. The topological polar surface area (TPSA) is 57.2 Å². The van der Waals surface area contributed by atoms with Crippen molar-refractivity contribution in [1.82, 2.24) is 0 Å². The molecule has 0 saturated carbocycles. The molecule has 0 radical (unpaired) electrons. The summed E-state index contributed by atoms with van der Waals surface area (Å²) in [6.45, 7) is 0. The minimum atomic E-state index is -8.05. The monoisotopic (exact) mass is 450 g/mol. The molecule has 0 aromatic heterocycles. The van der Waals surface area contributed by atoms with Crippen molar-refractivity contribution in [3.05, 3.63) is 0 Å². The van der Waals surface area contributed by atoms with Gasteiger partial charge in [0.1, 0.15) is 0 Å². The molecular formula is C8H4F13NaO3S. The van der Waals surface area contributed by atoms with Gasteiger partial charge in [0.05, 0.1) is 10.1 Å². The Kier molecular flexibility index (Phi) is 8.07. The van der Waals surface area contributed by atoms with E-state index < -0.39 is 58.1 Å². The van der Waals surface area contributed by atoms with E-state index >= 15 is 0 Å². The second-order valence-electron chi connectivity index (χ2n) is 4.51. The zero-order chi connectivity index (χ0) is 20.9. The Morgan fingerprint density at radius 3 is 1.19 bits per heavy atom. The summed E-state index contributed by atoms with van der Waals surface area (Å²) in [6.07, 6.45) is -10.6. The third-order valence-electron chi connectivity index (χ3n) is 2.66. The fourth-order valence-corrected chi connectivity index (χ4v) is 1.72. The van der Waals surface area contributed by atoms with E-state index in [1.807, 2.05) is 0 Å². The molecule has 0 aromatic carbocycles. The fraction of sp³-hybridized carbons (Fsp3) is 1.00. The summed E-state index contributed by atoms with van der Waals surface area (Å²) in [5.74, 6) is -40.6. The zero-order valence-electron chi connectivity index (χ0n) is 12.0. The molecule has 0 spiro atoms. The van der Waals surface area contributed by atoms with E-state index in [4.69, 9.17) is 0 Å². The predicted octanol–water partition coefficient (Wildman–Crippen LogP) is 0.664. The number of hydrogen-bond donors (Lipinski definition) is 0. The quantitative estimate of drug-likeness (QED) is 0.326. The van der Waals surface area contributed by atoms with Gasteiger partial charge in [-0.1, -0.05) is 0 Å². The van der Waals surface area contributed by atoms with Crippen LogP contribution in [0, 0.1) is 0 Å². The molecule has 18 heteroatoms. The van der Waals surface area contributed by atoms with Crippen LogP contribution >= 0.6 is 0 Å². The zero-order valence-corrected chi connectivity index (χ0v) is 14.8. The normalized spacial score (nSPS) is 15.6. The maximum Gasteiger partial charge on any atom is 1.00 e. The van der Waals surface area contributed by atoms with Crippen molar-refractivity contribution in [3.8, 4) is 0 Å². The maximum absolute atomic E-state index is 13.0. The average Bonchev–Trinajstić information content (AvgIpc) is 2.33. The maximum atomic E-state index is 13.0. The Balaban J connectivity index is 0. The molecule has 0 aliphatic carbocycles. The van der Waals surface area contributed by atoms with Crippen LogP contribution in [0.15, 0.2) is 0 Å². The molecule has 0 aliphatic rings. The minimum absolute atomic E-state index is 0. The van der Waals surface area contributed by atoms with Crippen LogP contribution in [-0.4, -0.2) is 54.5 Å². The molecule has 0 aromatic rings. The molecule has 0 heterocycles. The van der Waals surface area contributed by atoms with E-state index in [2.05, 4.69) is 0 Å². The number of rotatable bonds is 7. The van der Waals surface area contributed by atoms with Gasteiger partial charge in [-0.25, -0.2) is 8.42 Å².